The second-order valence-corrected chi connectivity index (χ2v) is 6.67. The van der Waals surface area contributed by atoms with E-state index in [0.717, 1.165) is 15.7 Å². The third kappa shape index (κ3) is 6.68. The number of aromatic hydroxyl groups is 1. The summed E-state index contributed by atoms with van der Waals surface area (Å²) in [6.45, 7) is 0. The quantitative estimate of drug-likeness (QED) is 0.288. The van der Waals surface area contributed by atoms with Crippen molar-refractivity contribution in [1.82, 2.24) is 0 Å². The molecule has 12 heteroatoms. The first kappa shape index (κ1) is 23.1. The summed E-state index contributed by atoms with van der Waals surface area (Å²) >= 11 is 3.43. The van der Waals surface area contributed by atoms with E-state index in [4.69, 9.17) is 5.11 Å². The number of nitrogens with zero attached hydrogens (tertiary/aromatic N) is 4. The van der Waals surface area contributed by atoms with Gasteiger partial charge < -0.3 is 5.11 Å². The summed E-state index contributed by atoms with van der Waals surface area (Å²) in [5.74, 6) is -1.21. The van der Waals surface area contributed by atoms with Gasteiger partial charge in [-0.2, -0.15) is 0 Å². The van der Waals surface area contributed by atoms with E-state index >= 15 is 0 Å². The fourth-order valence-corrected chi connectivity index (χ4v) is 2.64. The van der Waals surface area contributed by atoms with Gasteiger partial charge in [-0.3, -0.25) is 35.3 Å². The van der Waals surface area contributed by atoms with Crippen LogP contribution in [-0.2, 0) is 0 Å². The number of nitro benzene ring substituents is 3. The molecule has 158 valence electrons. The van der Waals surface area contributed by atoms with Gasteiger partial charge in [0.2, 0.25) is 0 Å². The van der Waals surface area contributed by atoms with E-state index in [1.807, 2.05) is 60.8 Å². The third-order valence-corrected chi connectivity index (χ3v) is 4.12. The molecule has 3 aromatic carbocycles. The van der Waals surface area contributed by atoms with Crippen LogP contribution in [0.15, 0.2) is 76.2 Å². The summed E-state index contributed by atoms with van der Waals surface area (Å²) in [6, 6.07) is 18.9. The van der Waals surface area contributed by atoms with Gasteiger partial charge in [-0.15, -0.1) is 0 Å². The van der Waals surface area contributed by atoms with Gasteiger partial charge in [0.15, 0.2) is 0 Å². The number of para-hydroxylation sites is 1. The Morgan fingerprint density at radius 2 is 1.39 bits per heavy atom. The zero-order valence-corrected chi connectivity index (χ0v) is 17.1. The van der Waals surface area contributed by atoms with E-state index in [1.54, 1.807) is 0 Å². The maximum Gasteiger partial charge on any atom is 0.324 e. The molecule has 0 saturated carbocycles. The average Bonchev–Trinajstić information content (AvgIpc) is 2.73. The molecule has 0 spiro atoms. The summed E-state index contributed by atoms with van der Waals surface area (Å²) < 4.78 is 1.07. The lowest BCUT2D eigenvalue weighted by Gasteiger charge is -1.97. The van der Waals surface area contributed by atoms with Crippen molar-refractivity contribution in [2.45, 2.75) is 0 Å². The minimum Gasteiger partial charge on any atom is -0.497 e. The molecule has 3 rings (SSSR count). The third-order valence-electron chi connectivity index (χ3n) is 3.63. The Hall–Kier alpha value is -4.19. The van der Waals surface area contributed by atoms with Crippen LogP contribution in [0.1, 0.15) is 5.56 Å². The molecule has 0 atom stereocenters. The fraction of sp³-hybridized carbons (Fsp3) is 0. The Balaban J connectivity index is 0.000000220. The molecule has 0 amide bonds. The summed E-state index contributed by atoms with van der Waals surface area (Å²) in [4.78, 5) is 32.1. The summed E-state index contributed by atoms with van der Waals surface area (Å²) in [6.07, 6.45) is 1.86. The van der Waals surface area contributed by atoms with Crippen molar-refractivity contribution in [3.63, 3.8) is 0 Å². The first-order valence-corrected chi connectivity index (χ1v) is 9.13. The van der Waals surface area contributed by atoms with E-state index < -0.39 is 37.6 Å². The van der Waals surface area contributed by atoms with Crippen LogP contribution in [0, 0.1) is 30.3 Å². The van der Waals surface area contributed by atoms with E-state index in [-0.39, 0.29) is 0 Å². The Bertz CT molecular complexity index is 1120. The number of phenolic OH excluding ortho intramolecular Hbond substituents is 1. The van der Waals surface area contributed by atoms with Crippen molar-refractivity contribution in [1.29, 1.82) is 0 Å². The van der Waals surface area contributed by atoms with Crippen LogP contribution in [0.4, 0.5) is 22.7 Å². The van der Waals surface area contributed by atoms with Crippen molar-refractivity contribution in [3.05, 3.63) is 107 Å². The second kappa shape index (κ2) is 10.5. The van der Waals surface area contributed by atoms with Gasteiger partial charge in [-0.25, -0.2) is 0 Å². The molecular formula is C19H13BrN4O7. The van der Waals surface area contributed by atoms with Crippen molar-refractivity contribution < 1.29 is 19.9 Å². The Kier molecular flexibility index (Phi) is 7.86. The highest BCUT2D eigenvalue weighted by atomic mass is 79.9. The molecule has 0 saturated heterocycles. The van der Waals surface area contributed by atoms with Gasteiger partial charge in [0.25, 0.3) is 11.4 Å². The molecule has 0 fully saturated rings. The largest absolute Gasteiger partial charge is 0.497 e. The molecule has 0 unspecified atom stereocenters. The van der Waals surface area contributed by atoms with Crippen LogP contribution in [0.25, 0.3) is 0 Å². The van der Waals surface area contributed by atoms with Gasteiger partial charge >= 0.3 is 11.4 Å². The summed E-state index contributed by atoms with van der Waals surface area (Å²) in [5, 5.41) is 40.2. The van der Waals surface area contributed by atoms with Gasteiger partial charge in [0.1, 0.15) is 0 Å². The predicted molar refractivity (Wildman–Crippen MR) is 116 cm³/mol. The first-order chi connectivity index (χ1) is 14.7. The number of halogens is 1. The fourth-order valence-electron chi connectivity index (χ4n) is 2.22. The zero-order valence-electron chi connectivity index (χ0n) is 15.5. The molecule has 3 aromatic rings. The van der Waals surface area contributed by atoms with Crippen LogP contribution in [0.3, 0.4) is 0 Å². The Morgan fingerprint density at radius 3 is 1.87 bits per heavy atom. The molecule has 31 heavy (non-hydrogen) atoms. The lowest BCUT2D eigenvalue weighted by atomic mass is 10.2. The van der Waals surface area contributed by atoms with E-state index in [1.165, 1.54) is 0 Å². The van der Waals surface area contributed by atoms with E-state index in [9.17, 15) is 30.3 Å². The van der Waals surface area contributed by atoms with Gasteiger partial charge in [-0.1, -0.05) is 46.3 Å². The van der Waals surface area contributed by atoms with Crippen molar-refractivity contribution in [3.8, 4) is 5.75 Å². The van der Waals surface area contributed by atoms with E-state index in [2.05, 4.69) is 20.9 Å². The second-order valence-electron chi connectivity index (χ2n) is 5.75. The number of benzene rings is 3. The highest BCUT2D eigenvalue weighted by Gasteiger charge is 2.30. The lowest BCUT2D eigenvalue weighted by molar-refractivity contribution is -0.404. The normalized spacial score (nSPS) is 10.2. The van der Waals surface area contributed by atoms with Gasteiger partial charge in [0.05, 0.1) is 32.6 Å². The smallest absolute Gasteiger partial charge is 0.324 e. The van der Waals surface area contributed by atoms with Crippen LogP contribution in [-0.4, -0.2) is 26.1 Å². The molecular weight excluding hydrogens is 476 g/mol. The maximum atomic E-state index is 10.4. The number of hydrogen-bond acceptors (Lipinski definition) is 8. The maximum absolute atomic E-state index is 10.4. The predicted octanol–water partition coefficient (Wildman–Crippen LogP) is 5.32. The first-order valence-electron chi connectivity index (χ1n) is 8.34. The number of aliphatic imine (C=N–C) groups is 1. The summed E-state index contributed by atoms with van der Waals surface area (Å²) in [5.41, 5.74) is -0.941. The molecule has 0 aliphatic heterocycles. The van der Waals surface area contributed by atoms with Crippen LogP contribution in [0.2, 0.25) is 0 Å². The minimum absolute atomic E-state index is 0.447. The van der Waals surface area contributed by atoms with Crippen LogP contribution >= 0.6 is 15.9 Å². The van der Waals surface area contributed by atoms with Crippen molar-refractivity contribution in [2.24, 2.45) is 4.99 Å². The molecule has 0 aliphatic carbocycles. The number of non-ortho nitro benzene ring substituents is 1. The van der Waals surface area contributed by atoms with Crippen LogP contribution < -0.4 is 0 Å². The van der Waals surface area contributed by atoms with Crippen LogP contribution in [0.5, 0.6) is 5.75 Å². The monoisotopic (exact) mass is 488 g/mol. The average molecular weight is 489 g/mol. The molecule has 0 radical (unpaired) electrons. The minimum atomic E-state index is -1.21. The molecule has 0 heterocycles. The molecule has 11 nitrogen and oxygen atoms in total. The zero-order chi connectivity index (χ0) is 23.0. The number of nitro groups is 3. The lowest BCUT2D eigenvalue weighted by Crippen LogP contribution is -1.97. The highest BCUT2D eigenvalue weighted by Crippen LogP contribution is 2.38. The van der Waals surface area contributed by atoms with Gasteiger partial charge in [-0.05, 0) is 29.8 Å². The van der Waals surface area contributed by atoms with Gasteiger partial charge in [0, 0.05) is 10.7 Å². The number of rotatable bonds is 5. The topological polar surface area (TPSA) is 162 Å². The number of phenols is 1. The standard InChI is InChI=1S/C13H10BrN.C6H3N3O7/c14-12-6-4-5-11(9-12)10-15-13-7-2-1-3-8-13;10-6-4(8(13)14)1-3(7(11)12)2-5(6)9(15)16/h1-10H;1-2,10H. The molecule has 0 aliphatic rings. The Labute approximate surface area is 182 Å². The SMILES string of the molecule is Brc1cccc(C=Nc2ccccc2)c1.O=[N+]([O-])c1cc([N+](=O)[O-])c(O)c([N+](=O)[O-])c1. The van der Waals surface area contributed by atoms with Crippen molar-refractivity contribution >= 4 is 44.9 Å². The van der Waals surface area contributed by atoms with Crippen molar-refractivity contribution in [2.75, 3.05) is 0 Å². The highest BCUT2D eigenvalue weighted by molar-refractivity contribution is 9.10. The summed E-state index contributed by atoms with van der Waals surface area (Å²) in [7, 11) is 0. The molecule has 0 aromatic heterocycles. The number of hydrogen-bond donors (Lipinski definition) is 1. The van der Waals surface area contributed by atoms with E-state index in [0.29, 0.717) is 12.1 Å². The molecule has 1 N–H and O–H groups in total. The molecule has 0 bridgehead atoms. The Morgan fingerprint density at radius 1 is 0.806 bits per heavy atom.